The van der Waals surface area contributed by atoms with E-state index in [1.807, 2.05) is 19.9 Å². The Hall–Kier alpha value is -5.09. The second kappa shape index (κ2) is 17.8. The van der Waals surface area contributed by atoms with Gasteiger partial charge in [-0.1, -0.05) is 65.7 Å². The Morgan fingerprint density at radius 3 is 2.28 bits per heavy atom. The van der Waals surface area contributed by atoms with Crippen LogP contribution in [0.1, 0.15) is 91.1 Å². The van der Waals surface area contributed by atoms with Gasteiger partial charge in [-0.2, -0.15) is 0 Å². The fourth-order valence-corrected chi connectivity index (χ4v) is 7.46. The lowest BCUT2D eigenvalue weighted by Crippen LogP contribution is -2.56. The third kappa shape index (κ3) is 10.9. The van der Waals surface area contributed by atoms with E-state index in [4.69, 9.17) is 30.0 Å². The summed E-state index contributed by atoms with van der Waals surface area (Å²) in [5, 5.41) is 2.88. The zero-order valence-electron chi connectivity index (χ0n) is 36.5. The van der Waals surface area contributed by atoms with E-state index in [0.717, 1.165) is 11.1 Å². The average molecular weight is 817 g/mol. The van der Waals surface area contributed by atoms with Crippen molar-refractivity contribution in [1.82, 2.24) is 15.2 Å². The maximum Gasteiger partial charge on any atom is 0.410 e. The molecule has 11 nitrogen and oxygen atoms in total. The van der Waals surface area contributed by atoms with Gasteiger partial charge in [0.15, 0.2) is 0 Å². The van der Waals surface area contributed by atoms with Crippen LogP contribution in [0, 0.1) is 18.2 Å². The van der Waals surface area contributed by atoms with Gasteiger partial charge in [-0.25, -0.2) is 14.2 Å². The summed E-state index contributed by atoms with van der Waals surface area (Å²) in [4.78, 5) is 50.5. The molecule has 1 aliphatic rings. The Morgan fingerprint density at radius 2 is 1.71 bits per heavy atom. The van der Waals surface area contributed by atoms with E-state index in [9.17, 15) is 14.0 Å². The first kappa shape index (κ1) is 45.6. The lowest BCUT2D eigenvalue weighted by Gasteiger charge is -2.36. The van der Waals surface area contributed by atoms with E-state index in [0.29, 0.717) is 40.7 Å². The van der Waals surface area contributed by atoms with Crippen molar-refractivity contribution in [1.29, 1.82) is 0 Å². The van der Waals surface area contributed by atoms with Gasteiger partial charge in [-0.3, -0.25) is 14.5 Å². The number of aromatic nitrogens is 1. The number of amides is 3. The first-order valence-electron chi connectivity index (χ1n) is 19.7. The Labute approximate surface area is 345 Å². The molecule has 3 amide bonds. The largest absolute Gasteiger partial charge is 0.530 e. The minimum absolute atomic E-state index is 0.0461. The Bertz CT molecular complexity index is 2010. The first-order valence-corrected chi connectivity index (χ1v) is 22.6. The highest BCUT2D eigenvalue weighted by Gasteiger charge is 2.45. The number of fused-ring (bicyclic) bond motifs is 1. The van der Waals surface area contributed by atoms with E-state index >= 15 is 4.79 Å². The summed E-state index contributed by atoms with van der Waals surface area (Å²) in [6.07, 6.45) is 5.43. The second-order valence-corrected chi connectivity index (χ2v) is 22.8. The molecule has 0 aliphatic carbocycles. The molecule has 0 bridgehead atoms. The van der Waals surface area contributed by atoms with E-state index in [2.05, 4.69) is 45.1 Å². The summed E-state index contributed by atoms with van der Waals surface area (Å²) in [6.45, 7) is 22.2. The molecule has 2 atom stereocenters. The third-order valence-corrected chi connectivity index (χ3v) is 15.0. The summed E-state index contributed by atoms with van der Waals surface area (Å²) in [6, 6.07) is 11.4. The molecule has 0 saturated carbocycles. The topological polar surface area (TPSA) is 120 Å². The van der Waals surface area contributed by atoms with Gasteiger partial charge in [0.2, 0.25) is 17.7 Å². The van der Waals surface area contributed by atoms with Gasteiger partial charge in [0.25, 0.3) is 8.32 Å². The average Bonchev–Trinajstić information content (AvgIpc) is 3.39. The van der Waals surface area contributed by atoms with Crippen LogP contribution in [0.25, 0.3) is 0 Å². The molecule has 314 valence electrons. The first-order chi connectivity index (χ1) is 26.9. The molecular weight excluding hydrogens is 756 g/mol. The normalized spacial score (nSPS) is 14.7. The maximum absolute atomic E-state index is 15.1. The van der Waals surface area contributed by atoms with Gasteiger partial charge in [-0.05, 0) is 80.7 Å². The van der Waals surface area contributed by atoms with Crippen molar-refractivity contribution in [3.63, 3.8) is 0 Å². The maximum atomic E-state index is 15.1. The van der Waals surface area contributed by atoms with Crippen LogP contribution in [-0.4, -0.2) is 81.1 Å². The number of anilines is 1. The summed E-state index contributed by atoms with van der Waals surface area (Å²) in [5.74, 6) is 2.63. The fraction of sp³-hybridized carbons (Fsp3) is 0.511. The van der Waals surface area contributed by atoms with Crippen LogP contribution in [-0.2, 0) is 32.6 Å². The molecule has 0 saturated heterocycles. The molecule has 2 heterocycles. The van der Waals surface area contributed by atoms with Gasteiger partial charge >= 0.3 is 6.09 Å². The summed E-state index contributed by atoms with van der Waals surface area (Å²) in [5.41, 5.74) is 2.14. The number of nitrogens with one attached hydrogen (secondary N) is 1. The van der Waals surface area contributed by atoms with Crippen molar-refractivity contribution in [2.45, 2.75) is 123 Å². The van der Waals surface area contributed by atoms with Crippen LogP contribution in [0.3, 0.4) is 0 Å². The van der Waals surface area contributed by atoms with Gasteiger partial charge in [0.05, 0.1) is 18.5 Å². The number of ether oxygens (including phenoxy) is 3. The molecule has 0 spiro atoms. The number of hydrogen-bond donors (Lipinski definition) is 1. The molecule has 1 N–H and O–H groups in total. The zero-order chi connectivity index (χ0) is 43.4. The lowest BCUT2D eigenvalue weighted by molar-refractivity contribution is -0.130. The monoisotopic (exact) mass is 816 g/mol. The number of terminal acetylenes is 1. The number of halogens is 1. The number of benzene rings is 2. The smallest absolute Gasteiger partial charge is 0.410 e. The quantitative estimate of drug-likeness (QED) is 0.128. The van der Waals surface area contributed by atoms with E-state index in [1.54, 1.807) is 62.9 Å². The van der Waals surface area contributed by atoms with Crippen molar-refractivity contribution in [2.75, 3.05) is 32.2 Å². The fourth-order valence-electron chi connectivity index (χ4n) is 6.49. The molecule has 0 fully saturated rings. The van der Waals surface area contributed by atoms with Gasteiger partial charge < -0.3 is 28.9 Å². The Morgan fingerprint density at radius 1 is 1.05 bits per heavy atom. The van der Waals surface area contributed by atoms with Crippen LogP contribution < -0.4 is 24.1 Å². The number of rotatable bonds is 14. The summed E-state index contributed by atoms with van der Waals surface area (Å²) in [7, 11) is 0.636. The SMILES string of the molecule is C#CCOc1ccc(C[C@H](NC(=O)[C@H](CC)N(C)C(=O)OC(C)(C)C)C(=O)N2CC(C)(C)c3nc(O[Si](C)(C)C(C)(C)C)c(Cc4ccc(F)cc4)cc32)c(OC)c1. The van der Waals surface area contributed by atoms with E-state index in [-0.39, 0.29) is 42.8 Å². The second-order valence-electron chi connectivity index (χ2n) is 18.0. The van der Waals surface area contributed by atoms with Gasteiger partial charge in [-0.15, -0.1) is 6.42 Å². The summed E-state index contributed by atoms with van der Waals surface area (Å²) >= 11 is 0. The Kier molecular flexibility index (Phi) is 14.0. The molecule has 3 aromatic rings. The zero-order valence-corrected chi connectivity index (χ0v) is 37.5. The lowest BCUT2D eigenvalue weighted by atomic mass is 9.91. The van der Waals surface area contributed by atoms with Crippen LogP contribution in [0.2, 0.25) is 18.1 Å². The molecule has 1 aromatic heterocycles. The van der Waals surface area contributed by atoms with E-state index in [1.165, 1.54) is 31.2 Å². The number of methoxy groups -OCH3 is 1. The van der Waals surface area contributed by atoms with E-state index < -0.39 is 43.4 Å². The van der Waals surface area contributed by atoms with Crippen molar-refractivity contribution in [2.24, 2.45) is 0 Å². The molecule has 0 radical (unpaired) electrons. The molecule has 2 aromatic carbocycles. The number of hydrogen-bond acceptors (Lipinski definition) is 8. The number of pyridine rings is 1. The number of carbonyl (C=O) groups is 3. The highest BCUT2D eigenvalue weighted by atomic mass is 28.4. The van der Waals surface area contributed by atoms with Crippen LogP contribution in [0.15, 0.2) is 48.5 Å². The molecule has 0 unspecified atom stereocenters. The summed E-state index contributed by atoms with van der Waals surface area (Å²) < 4.78 is 37.8. The van der Waals surface area contributed by atoms with Crippen molar-refractivity contribution < 1.29 is 37.4 Å². The highest BCUT2D eigenvalue weighted by Crippen LogP contribution is 2.45. The van der Waals surface area contributed by atoms with Crippen molar-refractivity contribution >= 4 is 31.9 Å². The van der Waals surface area contributed by atoms with Crippen molar-refractivity contribution in [3.8, 4) is 29.7 Å². The predicted molar refractivity (Wildman–Crippen MR) is 228 cm³/mol. The van der Waals surface area contributed by atoms with Crippen molar-refractivity contribution in [3.05, 3.63) is 76.7 Å². The van der Waals surface area contributed by atoms with Crippen LogP contribution in [0.5, 0.6) is 17.4 Å². The number of nitrogens with zero attached hydrogens (tertiary/aromatic N) is 3. The number of carbonyl (C=O) groups excluding carboxylic acids is 3. The van der Waals surface area contributed by atoms with Crippen LogP contribution >= 0.6 is 0 Å². The molecule has 4 rings (SSSR count). The third-order valence-electron chi connectivity index (χ3n) is 10.7. The molecular formula is C45H61FN4O7Si. The minimum atomic E-state index is -2.38. The minimum Gasteiger partial charge on any atom is -0.530 e. The standard InChI is InChI=1S/C45H61FN4O7Si/c1-15-23-55-33-22-19-30(37(27-33)54-12)25-34(47-39(51)35(16-2)49(11)42(53)56-43(3,4)5)41(52)50-28-45(9,10)38-36(50)26-31(24-29-17-20-32(46)21-18-29)40(48-38)57-58(13,14)44(6,7)8/h1,17-22,26-27,34-35H,16,23-25,28H2,2-14H3,(H,47,51)/t34-,35-/m0/s1. The predicted octanol–water partition coefficient (Wildman–Crippen LogP) is 8.21. The molecule has 1 aliphatic heterocycles. The highest BCUT2D eigenvalue weighted by molar-refractivity contribution is 6.74. The van der Waals surface area contributed by atoms with Crippen LogP contribution in [0.4, 0.5) is 14.9 Å². The Balaban J connectivity index is 1.83. The molecule has 58 heavy (non-hydrogen) atoms. The van der Waals surface area contributed by atoms with Gasteiger partial charge in [0.1, 0.15) is 41.6 Å². The number of likely N-dealkylation sites (N-methyl/N-ethyl adjacent to an activating group) is 1. The molecule has 13 heteroatoms. The van der Waals surface area contributed by atoms with Gasteiger partial charge in [0, 0.05) is 43.5 Å².